The van der Waals surface area contributed by atoms with Crippen molar-refractivity contribution >= 4 is 29.8 Å². The number of halogens is 2. The quantitative estimate of drug-likeness (QED) is 0.662. The maximum Gasteiger partial charge on any atom is 0.159 e. The number of amidine groups is 1. The molecule has 0 amide bonds. The van der Waals surface area contributed by atoms with Crippen molar-refractivity contribution in [2.75, 3.05) is 6.61 Å². The minimum Gasteiger partial charge on any atom is -0.385 e. The van der Waals surface area contributed by atoms with Crippen LogP contribution in [0.2, 0.25) is 5.02 Å². The Morgan fingerprint density at radius 1 is 1.47 bits per heavy atom. The molecule has 6 heteroatoms. The molecule has 3 N–H and O–H groups in total. The smallest absolute Gasteiger partial charge is 0.159 e. The Labute approximate surface area is 124 Å². The maximum atomic E-state index is 7.63. The molecule has 0 radical (unpaired) electrons. The van der Waals surface area contributed by atoms with E-state index in [-0.39, 0.29) is 24.5 Å². The van der Waals surface area contributed by atoms with Crippen molar-refractivity contribution in [2.24, 2.45) is 5.73 Å². The van der Waals surface area contributed by atoms with Crippen LogP contribution in [0.15, 0.2) is 24.3 Å². The SMILES string of the molecule is Cl.N=C(N)C(OC1CCCCO1)c1cccc(Cl)c1. The van der Waals surface area contributed by atoms with Crippen molar-refractivity contribution in [3.05, 3.63) is 34.9 Å². The predicted octanol–water partition coefficient (Wildman–Crippen LogP) is 3.28. The lowest BCUT2D eigenvalue weighted by molar-refractivity contribution is -0.176. The van der Waals surface area contributed by atoms with Gasteiger partial charge in [0.15, 0.2) is 6.29 Å². The first-order valence-corrected chi connectivity index (χ1v) is 6.41. The van der Waals surface area contributed by atoms with Gasteiger partial charge in [-0.2, -0.15) is 0 Å². The zero-order valence-corrected chi connectivity index (χ0v) is 12.0. The van der Waals surface area contributed by atoms with Crippen molar-refractivity contribution in [1.29, 1.82) is 5.41 Å². The molecule has 106 valence electrons. The van der Waals surface area contributed by atoms with Crippen LogP contribution in [0.25, 0.3) is 0 Å². The number of rotatable bonds is 4. The second-order valence-corrected chi connectivity index (χ2v) is 4.76. The average molecular weight is 305 g/mol. The minimum atomic E-state index is -0.591. The van der Waals surface area contributed by atoms with Crippen LogP contribution >= 0.6 is 24.0 Å². The molecule has 19 heavy (non-hydrogen) atoms. The van der Waals surface area contributed by atoms with Gasteiger partial charge in [0.1, 0.15) is 11.9 Å². The zero-order chi connectivity index (χ0) is 13.0. The standard InChI is InChI=1S/C13H17ClN2O2.ClH/c14-10-5-3-4-9(8-10)12(13(15)16)18-11-6-1-2-7-17-11;/h3-5,8,11-12H,1-2,6-7H2,(H3,15,16);1H. The number of nitrogens with one attached hydrogen (secondary N) is 1. The summed E-state index contributed by atoms with van der Waals surface area (Å²) in [5, 5.41) is 8.24. The first kappa shape index (κ1) is 16.2. The maximum absolute atomic E-state index is 7.63. The van der Waals surface area contributed by atoms with Gasteiger partial charge in [-0.25, -0.2) is 0 Å². The van der Waals surface area contributed by atoms with Gasteiger partial charge in [-0.1, -0.05) is 23.7 Å². The monoisotopic (exact) mass is 304 g/mol. The van der Waals surface area contributed by atoms with Crippen molar-refractivity contribution in [2.45, 2.75) is 31.7 Å². The summed E-state index contributed by atoms with van der Waals surface area (Å²) in [5.74, 6) is -0.0357. The Morgan fingerprint density at radius 3 is 2.84 bits per heavy atom. The minimum absolute atomic E-state index is 0. The van der Waals surface area contributed by atoms with E-state index in [0.717, 1.165) is 24.8 Å². The highest BCUT2D eigenvalue weighted by Crippen LogP contribution is 2.25. The van der Waals surface area contributed by atoms with Gasteiger partial charge in [-0.05, 0) is 37.0 Å². The molecule has 1 aliphatic heterocycles. The fraction of sp³-hybridized carbons (Fsp3) is 0.462. The average Bonchev–Trinajstić information content (AvgIpc) is 2.37. The third-order valence-corrected chi connectivity index (χ3v) is 3.09. The second-order valence-electron chi connectivity index (χ2n) is 4.32. The lowest BCUT2D eigenvalue weighted by Crippen LogP contribution is -2.30. The highest BCUT2D eigenvalue weighted by atomic mass is 35.5. The third kappa shape index (κ3) is 4.66. The highest BCUT2D eigenvalue weighted by Gasteiger charge is 2.23. The van der Waals surface area contributed by atoms with Gasteiger partial charge < -0.3 is 15.2 Å². The van der Waals surface area contributed by atoms with E-state index in [4.69, 9.17) is 32.2 Å². The summed E-state index contributed by atoms with van der Waals surface area (Å²) in [6.45, 7) is 0.699. The van der Waals surface area contributed by atoms with Gasteiger partial charge in [0.2, 0.25) is 0 Å². The highest BCUT2D eigenvalue weighted by molar-refractivity contribution is 6.30. The van der Waals surface area contributed by atoms with Crippen LogP contribution < -0.4 is 5.73 Å². The molecule has 0 spiro atoms. The number of nitrogens with two attached hydrogens (primary N) is 1. The van der Waals surface area contributed by atoms with Crippen LogP contribution in [0.1, 0.15) is 30.9 Å². The normalized spacial score (nSPS) is 20.4. The number of ether oxygens (including phenoxy) is 2. The van der Waals surface area contributed by atoms with E-state index in [9.17, 15) is 0 Å². The Bertz CT molecular complexity index is 423. The van der Waals surface area contributed by atoms with Crippen LogP contribution in [0.5, 0.6) is 0 Å². The van der Waals surface area contributed by atoms with Crippen molar-refractivity contribution in [3.8, 4) is 0 Å². The van der Waals surface area contributed by atoms with Crippen LogP contribution in [-0.4, -0.2) is 18.7 Å². The largest absolute Gasteiger partial charge is 0.385 e. The van der Waals surface area contributed by atoms with Crippen LogP contribution in [0, 0.1) is 5.41 Å². The first-order chi connectivity index (χ1) is 8.66. The van der Waals surface area contributed by atoms with E-state index in [1.165, 1.54) is 0 Å². The van der Waals surface area contributed by atoms with Crippen molar-refractivity contribution in [3.63, 3.8) is 0 Å². The Hall–Kier alpha value is -0.810. The first-order valence-electron chi connectivity index (χ1n) is 6.03. The van der Waals surface area contributed by atoms with Gasteiger partial charge >= 0.3 is 0 Å². The Kier molecular flexibility index (Phi) is 6.58. The van der Waals surface area contributed by atoms with Crippen molar-refractivity contribution < 1.29 is 9.47 Å². The second kappa shape index (κ2) is 7.70. The summed E-state index contributed by atoms with van der Waals surface area (Å²) in [7, 11) is 0. The summed E-state index contributed by atoms with van der Waals surface area (Å²) < 4.78 is 11.3. The molecule has 1 aromatic carbocycles. The van der Waals surface area contributed by atoms with E-state index < -0.39 is 6.10 Å². The summed E-state index contributed by atoms with van der Waals surface area (Å²) >= 11 is 5.94. The molecule has 1 heterocycles. The molecule has 2 atom stereocenters. The molecule has 0 aromatic heterocycles. The van der Waals surface area contributed by atoms with Gasteiger partial charge in [-0.3, -0.25) is 5.41 Å². The summed E-state index contributed by atoms with van der Waals surface area (Å²) in [6, 6.07) is 7.20. The van der Waals surface area contributed by atoms with Gasteiger partial charge in [0.25, 0.3) is 0 Å². The fourth-order valence-electron chi connectivity index (χ4n) is 1.97. The number of hydrogen-bond acceptors (Lipinski definition) is 3. The summed E-state index contributed by atoms with van der Waals surface area (Å²) in [4.78, 5) is 0. The van der Waals surface area contributed by atoms with Crippen LogP contribution in [-0.2, 0) is 9.47 Å². The van der Waals surface area contributed by atoms with Gasteiger partial charge in [0.05, 0.1) is 0 Å². The Morgan fingerprint density at radius 2 is 2.26 bits per heavy atom. The lowest BCUT2D eigenvalue weighted by atomic mass is 10.1. The van der Waals surface area contributed by atoms with Gasteiger partial charge in [0, 0.05) is 11.6 Å². The topological polar surface area (TPSA) is 68.3 Å². The fourth-order valence-corrected chi connectivity index (χ4v) is 2.17. The van der Waals surface area contributed by atoms with E-state index in [1.54, 1.807) is 12.1 Å². The zero-order valence-electron chi connectivity index (χ0n) is 10.5. The van der Waals surface area contributed by atoms with Gasteiger partial charge in [-0.15, -0.1) is 12.4 Å². The molecule has 1 aromatic rings. The molecule has 0 aliphatic carbocycles. The van der Waals surface area contributed by atoms with E-state index in [0.29, 0.717) is 11.6 Å². The molecular formula is C13H18Cl2N2O2. The van der Waals surface area contributed by atoms with Crippen LogP contribution in [0.4, 0.5) is 0 Å². The van der Waals surface area contributed by atoms with E-state index >= 15 is 0 Å². The lowest BCUT2D eigenvalue weighted by Gasteiger charge is -2.27. The summed E-state index contributed by atoms with van der Waals surface area (Å²) in [5.41, 5.74) is 6.38. The summed E-state index contributed by atoms with van der Waals surface area (Å²) in [6.07, 6.45) is 2.09. The molecule has 0 bridgehead atoms. The third-order valence-electron chi connectivity index (χ3n) is 2.86. The molecule has 1 fully saturated rings. The number of benzene rings is 1. The van der Waals surface area contributed by atoms with E-state index in [2.05, 4.69) is 0 Å². The molecule has 2 unspecified atom stereocenters. The predicted molar refractivity (Wildman–Crippen MR) is 78.0 cm³/mol. The molecular weight excluding hydrogens is 287 g/mol. The molecule has 0 saturated carbocycles. The number of hydrogen-bond donors (Lipinski definition) is 2. The molecule has 1 aliphatic rings. The molecule has 1 saturated heterocycles. The molecule has 2 rings (SSSR count). The Balaban J connectivity index is 0.00000180. The van der Waals surface area contributed by atoms with E-state index in [1.807, 2.05) is 12.1 Å². The molecule has 4 nitrogen and oxygen atoms in total. The van der Waals surface area contributed by atoms with Crippen LogP contribution in [0.3, 0.4) is 0 Å². The van der Waals surface area contributed by atoms with Crippen molar-refractivity contribution in [1.82, 2.24) is 0 Å².